The molecule has 1 heterocycles. The maximum absolute atomic E-state index is 9.55. The summed E-state index contributed by atoms with van der Waals surface area (Å²) in [4.78, 5) is 0. The summed E-state index contributed by atoms with van der Waals surface area (Å²) in [5, 5.41) is 13.3. The number of aliphatic hydroxyl groups is 1. The van der Waals surface area contributed by atoms with E-state index in [-0.39, 0.29) is 12.0 Å². The van der Waals surface area contributed by atoms with E-state index in [4.69, 9.17) is 4.74 Å². The van der Waals surface area contributed by atoms with E-state index in [1.807, 2.05) is 0 Å². The first-order chi connectivity index (χ1) is 9.83. The van der Waals surface area contributed by atoms with Gasteiger partial charge in [-0.05, 0) is 44.4 Å². The summed E-state index contributed by atoms with van der Waals surface area (Å²) < 4.78 is 5.30. The predicted molar refractivity (Wildman–Crippen MR) is 80.6 cm³/mol. The Kier molecular flexibility index (Phi) is 4.79. The Morgan fingerprint density at radius 2 is 2.05 bits per heavy atom. The molecule has 114 valence electrons. The lowest BCUT2D eigenvalue weighted by atomic mass is 9.76. The van der Waals surface area contributed by atoms with E-state index >= 15 is 0 Å². The molecule has 2 unspecified atom stereocenters. The lowest BCUT2D eigenvalue weighted by molar-refractivity contribution is -0.135. The number of rotatable bonds is 5. The number of allylic oxidation sites excluding steroid dienone is 1. The van der Waals surface area contributed by atoms with E-state index in [9.17, 15) is 5.11 Å². The lowest BCUT2D eigenvalue weighted by Gasteiger charge is -2.43. The third-order valence-corrected chi connectivity index (χ3v) is 5.46. The standard InChI is InChI=1S/C17H29NO2/c19-11-17(12-20-13-17)10-18-16-9-5-4-8-15(16)14-6-2-1-3-7-14/h6,15-16,18-19H,1-5,7-13H2. The van der Waals surface area contributed by atoms with E-state index in [2.05, 4.69) is 11.4 Å². The quantitative estimate of drug-likeness (QED) is 0.760. The molecule has 0 bridgehead atoms. The summed E-state index contributed by atoms with van der Waals surface area (Å²) in [6.07, 6.45) is 13.3. The van der Waals surface area contributed by atoms with Crippen molar-refractivity contribution in [2.75, 3.05) is 26.4 Å². The first-order valence-corrected chi connectivity index (χ1v) is 8.44. The van der Waals surface area contributed by atoms with Crippen LogP contribution in [0.3, 0.4) is 0 Å². The lowest BCUT2D eigenvalue weighted by Crippen LogP contribution is -2.55. The Labute approximate surface area is 122 Å². The van der Waals surface area contributed by atoms with Crippen LogP contribution in [-0.2, 0) is 4.74 Å². The van der Waals surface area contributed by atoms with Crippen molar-refractivity contribution in [3.63, 3.8) is 0 Å². The van der Waals surface area contributed by atoms with Gasteiger partial charge in [0.25, 0.3) is 0 Å². The van der Waals surface area contributed by atoms with Gasteiger partial charge in [-0.25, -0.2) is 0 Å². The second-order valence-electron chi connectivity index (χ2n) is 7.05. The first-order valence-electron chi connectivity index (χ1n) is 8.44. The fraction of sp³-hybridized carbons (Fsp3) is 0.882. The van der Waals surface area contributed by atoms with Gasteiger partial charge >= 0.3 is 0 Å². The molecule has 2 aliphatic carbocycles. The Morgan fingerprint density at radius 1 is 1.20 bits per heavy atom. The normalized spacial score (nSPS) is 33.4. The maximum Gasteiger partial charge on any atom is 0.0579 e. The van der Waals surface area contributed by atoms with Gasteiger partial charge in [-0.2, -0.15) is 0 Å². The third-order valence-electron chi connectivity index (χ3n) is 5.46. The zero-order chi connectivity index (χ0) is 13.8. The Morgan fingerprint density at radius 3 is 2.70 bits per heavy atom. The molecule has 2 N–H and O–H groups in total. The van der Waals surface area contributed by atoms with Crippen LogP contribution >= 0.6 is 0 Å². The van der Waals surface area contributed by atoms with Gasteiger partial charge in [0.1, 0.15) is 0 Å². The van der Waals surface area contributed by atoms with Gasteiger partial charge in [-0.3, -0.25) is 0 Å². The van der Waals surface area contributed by atoms with Crippen molar-refractivity contribution in [2.45, 2.75) is 57.4 Å². The SMILES string of the molecule is OCC1(CNC2CCCCC2C2=CCCCC2)COC1. The van der Waals surface area contributed by atoms with Crippen LogP contribution in [0.5, 0.6) is 0 Å². The number of ether oxygens (including phenoxy) is 1. The summed E-state index contributed by atoms with van der Waals surface area (Å²) in [5.74, 6) is 0.751. The fourth-order valence-corrected chi connectivity index (χ4v) is 4.01. The Bertz CT molecular complexity index is 343. The summed E-state index contributed by atoms with van der Waals surface area (Å²) in [7, 11) is 0. The van der Waals surface area contributed by atoms with Crippen LogP contribution in [0, 0.1) is 11.3 Å². The first kappa shape index (κ1) is 14.6. The van der Waals surface area contributed by atoms with Crippen molar-refractivity contribution in [1.29, 1.82) is 0 Å². The molecular weight excluding hydrogens is 250 g/mol. The molecule has 0 aromatic heterocycles. The second kappa shape index (κ2) is 6.59. The molecule has 0 aromatic carbocycles. The van der Waals surface area contributed by atoms with Gasteiger partial charge in [0.05, 0.1) is 25.2 Å². The zero-order valence-corrected chi connectivity index (χ0v) is 12.6. The van der Waals surface area contributed by atoms with Crippen molar-refractivity contribution >= 4 is 0 Å². The molecule has 1 saturated carbocycles. The van der Waals surface area contributed by atoms with E-state index in [0.717, 1.165) is 25.7 Å². The third kappa shape index (κ3) is 3.10. The molecular formula is C17H29NO2. The summed E-state index contributed by atoms with van der Waals surface area (Å²) in [5.41, 5.74) is 1.72. The molecule has 3 heteroatoms. The van der Waals surface area contributed by atoms with E-state index in [1.165, 1.54) is 51.4 Å². The molecule has 2 atom stereocenters. The van der Waals surface area contributed by atoms with Crippen LogP contribution in [0.4, 0.5) is 0 Å². The molecule has 0 aromatic rings. The van der Waals surface area contributed by atoms with Crippen molar-refractivity contribution in [2.24, 2.45) is 11.3 Å². The van der Waals surface area contributed by atoms with Crippen LogP contribution < -0.4 is 5.32 Å². The van der Waals surface area contributed by atoms with Crippen LogP contribution in [-0.4, -0.2) is 37.5 Å². The van der Waals surface area contributed by atoms with Gasteiger partial charge in [0.2, 0.25) is 0 Å². The largest absolute Gasteiger partial charge is 0.396 e. The van der Waals surface area contributed by atoms with Crippen LogP contribution in [0.25, 0.3) is 0 Å². The monoisotopic (exact) mass is 279 g/mol. The van der Waals surface area contributed by atoms with Gasteiger partial charge < -0.3 is 15.2 Å². The number of hydrogen-bond acceptors (Lipinski definition) is 3. The topological polar surface area (TPSA) is 41.5 Å². The molecule has 0 radical (unpaired) electrons. The predicted octanol–water partition coefficient (Wildman–Crippen LogP) is 2.64. The highest BCUT2D eigenvalue weighted by molar-refractivity contribution is 5.13. The molecule has 3 aliphatic rings. The van der Waals surface area contributed by atoms with Crippen molar-refractivity contribution in [3.8, 4) is 0 Å². The fourth-order valence-electron chi connectivity index (χ4n) is 4.01. The highest BCUT2D eigenvalue weighted by Gasteiger charge is 2.39. The Hall–Kier alpha value is -0.380. The number of nitrogens with one attached hydrogen (secondary N) is 1. The summed E-state index contributed by atoms with van der Waals surface area (Å²) in [6, 6.07) is 0.622. The summed E-state index contributed by atoms with van der Waals surface area (Å²) in [6.45, 7) is 2.60. The second-order valence-corrected chi connectivity index (χ2v) is 7.05. The molecule has 3 rings (SSSR count). The van der Waals surface area contributed by atoms with Crippen LogP contribution in [0.2, 0.25) is 0 Å². The molecule has 0 spiro atoms. The van der Waals surface area contributed by atoms with E-state index in [0.29, 0.717) is 6.04 Å². The van der Waals surface area contributed by atoms with Crippen molar-refractivity contribution in [1.82, 2.24) is 5.32 Å². The van der Waals surface area contributed by atoms with Gasteiger partial charge in [-0.15, -0.1) is 0 Å². The molecule has 3 nitrogen and oxygen atoms in total. The average molecular weight is 279 g/mol. The minimum Gasteiger partial charge on any atom is -0.396 e. The molecule has 0 amide bonds. The highest BCUT2D eigenvalue weighted by Crippen LogP contribution is 2.36. The molecule has 20 heavy (non-hydrogen) atoms. The molecule has 1 saturated heterocycles. The van der Waals surface area contributed by atoms with Gasteiger partial charge in [0, 0.05) is 12.6 Å². The number of aliphatic hydroxyl groups excluding tert-OH is 1. The maximum atomic E-state index is 9.55. The van der Waals surface area contributed by atoms with Crippen molar-refractivity contribution < 1.29 is 9.84 Å². The van der Waals surface area contributed by atoms with E-state index < -0.39 is 0 Å². The van der Waals surface area contributed by atoms with Gasteiger partial charge in [-0.1, -0.05) is 24.5 Å². The number of hydrogen-bond donors (Lipinski definition) is 2. The zero-order valence-electron chi connectivity index (χ0n) is 12.6. The highest BCUT2D eigenvalue weighted by atomic mass is 16.5. The van der Waals surface area contributed by atoms with E-state index in [1.54, 1.807) is 5.57 Å². The average Bonchev–Trinajstić information content (AvgIpc) is 2.48. The minimum atomic E-state index is 0.00292. The van der Waals surface area contributed by atoms with Gasteiger partial charge in [0.15, 0.2) is 0 Å². The van der Waals surface area contributed by atoms with Crippen molar-refractivity contribution in [3.05, 3.63) is 11.6 Å². The van der Waals surface area contributed by atoms with Crippen LogP contribution in [0.15, 0.2) is 11.6 Å². The molecule has 2 fully saturated rings. The Balaban J connectivity index is 1.59. The smallest absolute Gasteiger partial charge is 0.0579 e. The minimum absolute atomic E-state index is 0.00292. The van der Waals surface area contributed by atoms with Crippen LogP contribution in [0.1, 0.15) is 51.4 Å². The summed E-state index contributed by atoms with van der Waals surface area (Å²) >= 11 is 0. The molecule has 1 aliphatic heterocycles.